The van der Waals surface area contributed by atoms with Gasteiger partial charge in [-0.3, -0.25) is 9.36 Å². The highest BCUT2D eigenvalue weighted by Gasteiger charge is 2.29. The Balaban J connectivity index is 1.70. The first-order valence-corrected chi connectivity index (χ1v) is 10.7. The lowest BCUT2D eigenvalue weighted by Crippen LogP contribution is -2.22. The molecular formula is C24H16F5N5O3. The number of aryl methyl sites for hydroxylation is 1. The van der Waals surface area contributed by atoms with Crippen LogP contribution in [0.3, 0.4) is 0 Å². The molecule has 0 bridgehead atoms. The Morgan fingerprint density at radius 3 is 2.51 bits per heavy atom. The second-order valence-electron chi connectivity index (χ2n) is 7.97. The molecular weight excluding hydrogens is 501 g/mol. The number of pyridine rings is 1. The lowest BCUT2D eigenvalue weighted by atomic mass is 10.0. The highest BCUT2D eigenvalue weighted by atomic mass is 19.4. The van der Waals surface area contributed by atoms with E-state index < -0.39 is 31.0 Å². The van der Waals surface area contributed by atoms with Crippen molar-refractivity contribution in [3.63, 3.8) is 0 Å². The zero-order valence-corrected chi connectivity index (χ0v) is 18.9. The van der Waals surface area contributed by atoms with Crippen molar-refractivity contribution in [1.29, 1.82) is 0 Å². The molecule has 0 aliphatic carbocycles. The second kappa shape index (κ2) is 9.15. The van der Waals surface area contributed by atoms with Crippen LogP contribution in [0.4, 0.5) is 22.0 Å². The van der Waals surface area contributed by atoms with Gasteiger partial charge in [0.1, 0.15) is 5.75 Å². The zero-order chi connectivity index (χ0) is 26.3. The minimum atomic E-state index is -4.62. The number of benzene rings is 2. The van der Waals surface area contributed by atoms with Gasteiger partial charge in [0.25, 0.3) is 5.56 Å². The number of ether oxygens (including phenoxy) is 2. The van der Waals surface area contributed by atoms with Crippen molar-refractivity contribution >= 4 is 21.9 Å². The summed E-state index contributed by atoms with van der Waals surface area (Å²) in [5.41, 5.74) is 1.70. The molecule has 5 rings (SSSR count). The maximum atomic E-state index is 13.7. The third-order valence-electron chi connectivity index (χ3n) is 5.45. The molecule has 37 heavy (non-hydrogen) atoms. The molecule has 13 heteroatoms. The zero-order valence-electron chi connectivity index (χ0n) is 18.9. The van der Waals surface area contributed by atoms with Crippen molar-refractivity contribution in [2.45, 2.75) is 12.8 Å². The number of hydrogen-bond donors (Lipinski definition) is 0. The quantitative estimate of drug-likeness (QED) is 0.299. The van der Waals surface area contributed by atoms with Gasteiger partial charge in [-0.05, 0) is 35.9 Å². The normalized spacial score (nSPS) is 12.0. The molecule has 5 aromatic rings. The molecule has 8 nitrogen and oxygen atoms in total. The molecule has 3 aromatic heterocycles. The molecule has 0 aliphatic heterocycles. The van der Waals surface area contributed by atoms with Crippen LogP contribution in [0.15, 0.2) is 66.0 Å². The fourth-order valence-electron chi connectivity index (χ4n) is 3.82. The van der Waals surface area contributed by atoms with Crippen LogP contribution in [0.25, 0.3) is 38.8 Å². The Kier molecular flexibility index (Phi) is 5.97. The van der Waals surface area contributed by atoms with Crippen molar-refractivity contribution in [2.24, 2.45) is 7.05 Å². The summed E-state index contributed by atoms with van der Waals surface area (Å²) in [6, 6.07) is 9.84. The summed E-state index contributed by atoms with van der Waals surface area (Å²) in [4.78, 5) is 25.9. The van der Waals surface area contributed by atoms with E-state index >= 15 is 0 Å². The smallest absolute Gasteiger partial charge is 0.422 e. The van der Waals surface area contributed by atoms with Crippen LogP contribution in [0, 0.1) is 0 Å². The third kappa shape index (κ3) is 4.92. The number of alkyl halides is 5. The standard InChI is InChI=1S/C24H16F5N5O3/c1-33-12-31-17-7-4-15(8-18(17)33)34-10-14-9-30-23(36-11-24(27,28)29)32-20(14)19(21(34)35)13-2-5-16(6-3-13)37-22(25)26/h2-10,12,22H,11H2,1H3. The van der Waals surface area contributed by atoms with Gasteiger partial charge in [-0.25, -0.2) is 9.97 Å². The lowest BCUT2D eigenvalue weighted by molar-refractivity contribution is -0.154. The molecule has 2 aromatic carbocycles. The largest absolute Gasteiger partial charge is 0.454 e. The van der Waals surface area contributed by atoms with Crippen LogP contribution in [0.1, 0.15) is 0 Å². The van der Waals surface area contributed by atoms with Crippen molar-refractivity contribution in [3.05, 3.63) is 71.5 Å². The Morgan fingerprint density at radius 1 is 1.05 bits per heavy atom. The van der Waals surface area contributed by atoms with Gasteiger partial charge in [0.15, 0.2) is 6.61 Å². The molecule has 0 N–H and O–H groups in total. The topological polar surface area (TPSA) is 84.1 Å². The van der Waals surface area contributed by atoms with Gasteiger partial charge in [-0.1, -0.05) is 12.1 Å². The van der Waals surface area contributed by atoms with E-state index in [1.54, 1.807) is 36.1 Å². The van der Waals surface area contributed by atoms with Gasteiger partial charge in [-0.15, -0.1) is 0 Å². The van der Waals surface area contributed by atoms with Crippen LogP contribution >= 0.6 is 0 Å². The first-order chi connectivity index (χ1) is 17.6. The molecule has 190 valence electrons. The van der Waals surface area contributed by atoms with Crippen molar-refractivity contribution in [3.8, 4) is 28.6 Å². The molecule has 0 fully saturated rings. The average Bonchev–Trinajstić information content (AvgIpc) is 3.22. The average molecular weight is 517 g/mol. The number of imidazole rings is 1. The van der Waals surface area contributed by atoms with E-state index in [0.29, 0.717) is 16.6 Å². The summed E-state index contributed by atoms with van der Waals surface area (Å²) in [5, 5.41) is 0.326. The SMILES string of the molecule is Cn1cnc2ccc(-n3cc4cnc(OCC(F)(F)F)nc4c(-c4ccc(OC(F)F)cc4)c3=O)cc21. The van der Waals surface area contributed by atoms with Gasteiger partial charge < -0.3 is 14.0 Å². The van der Waals surface area contributed by atoms with E-state index in [0.717, 1.165) is 5.52 Å². The Bertz CT molecular complexity index is 1660. The highest BCUT2D eigenvalue weighted by Crippen LogP contribution is 2.29. The number of hydrogen-bond acceptors (Lipinski definition) is 6. The maximum Gasteiger partial charge on any atom is 0.422 e. The number of aromatic nitrogens is 5. The van der Waals surface area contributed by atoms with E-state index in [1.807, 2.05) is 0 Å². The van der Waals surface area contributed by atoms with Crippen LogP contribution in [0.2, 0.25) is 0 Å². The number of rotatable bonds is 6. The molecule has 0 spiro atoms. The first kappa shape index (κ1) is 24.2. The van der Waals surface area contributed by atoms with Crippen LogP contribution in [-0.4, -0.2) is 43.5 Å². The Labute approximate surface area is 204 Å². The predicted octanol–water partition coefficient (Wildman–Crippen LogP) is 4.88. The molecule has 0 unspecified atom stereocenters. The summed E-state index contributed by atoms with van der Waals surface area (Å²) >= 11 is 0. The fourth-order valence-corrected chi connectivity index (χ4v) is 3.82. The minimum absolute atomic E-state index is 0.00505. The first-order valence-electron chi connectivity index (χ1n) is 10.7. The Morgan fingerprint density at radius 2 is 1.81 bits per heavy atom. The van der Waals surface area contributed by atoms with Gasteiger partial charge in [-0.2, -0.15) is 26.9 Å². The van der Waals surface area contributed by atoms with Crippen molar-refractivity contribution in [1.82, 2.24) is 24.1 Å². The molecule has 0 radical (unpaired) electrons. The van der Waals surface area contributed by atoms with Gasteiger partial charge in [0.2, 0.25) is 0 Å². The van der Waals surface area contributed by atoms with Crippen molar-refractivity contribution < 1.29 is 31.4 Å². The van der Waals surface area contributed by atoms with E-state index in [2.05, 4.69) is 24.4 Å². The van der Waals surface area contributed by atoms with Gasteiger partial charge in [0.05, 0.1) is 34.1 Å². The van der Waals surface area contributed by atoms with E-state index in [9.17, 15) is 26.7 Å². The number of halogens is 5. The highest BCUT2D eigenvalue weighted by molar-refractivity contribution is 5.93. The molecule has 3 heterocycles. The van der Waals surface area contributed by atoms with Gasteiger partial charge in [0, 0.05) is 24.8 Å². The number of nitrogens with zero attached hydrogens (tertiary/aromatic N) is 5. The molecule has 0 saturated heterocycles. The molecule has 0 amide bonds. The summed E-state index contributed by atoms with van der Waals surface area (Å²) < 4.78 is 75.2. The summed E-state index contributed by atoms with van der Waals surface area (Å²) in [6.07, 6.45) is -0.289. The van der Waals surface area contributed by atoms with Crippen molar-refractivity contribution in [2.75, 3.05) is 6.61 Å². The molecule has 0 saturated carbocycles. The third-order valence-corrected chi connectivity index (χ3v) is 5.45. The van der Waals surface area contributed by atoms with E-state index in [4.69, 9.17) is 0 Å². The summed E-state index contributed by atoms with van der Waals surface area (Å²) in [5.74, 6) is -0.134. The molecule has 0 atom stereocenters. The minimum Gasteiger partial charge on any atom is -0.454 e. The monoisotopic (exact) mass is 517 g/mol. The summed E-state index contributed by atoms with van der Waals surface area (Å²) in [7, 11) is 1.80. The lowest BCUT2D eigenvalue weighted by Gasteiger charge is -2.14. The van der Waals surface area contributed by atoms with E-state index in [-0.39, 0.29) is 22.4 Å². The Hall–Kier alpha value is -4.55. The maximum absolute atomic E-state index is 13.7. The fraction of sp³-hybridized carbons (Fsp3) is 0.167. The predicted molar refractivity (Wildman–Crippen MR) is 123 cm³/mol. The van der Waals surface area contributed by atoms with Crippen LogP contribution in [0.5, 0.6) is 11.8 Å². The van der Waals surface area contributed by atoms with E-state index in [1.165, 1.54) is 41.2 Å². The van der Waals surface area contributed by atoms with Crippen LogP contribution in [-0.2, 0) is 7.05 Å². The number of fused-ring (bicyclic) bond motifs is 2. The molecule has 0 aliphatic rings. The second-order valence-corrected chi connectivity index (χ2v) is 7.97. The van der Waals surface area contributed by atoms with Gasteiger partial charge >= 0.3 is 18.8 Å². The van der Waals surface area contributed by atoms with Crippen LogP contribution < -0.4 is 15.0 Å². The summed E-state index contributed by atoms with van der Waals surface area (Å²) in [6.45, 7) is -4.65.